The van der Waals surface area contributed by atoms with Gasteiger partial charge in [-0.2, -0.15) is 0 Å². The van der Waals surface area contributed by atoms with E-state index in [1.165, 1.54) is 24.5 Å². The molecule has 0 unspecified atom stereocenters. The molecule has 1 aromatic carbocycles. The van der Waals surface area contributed by atoms with Gasteiger partial charge in [0, 0.05) is 43.7 Å². The molecule has 2 saturated heterocycles. The molecule has 1 amide bonds. The van der Waals surface area contributed by atoms with Crippen molar-refractivity contribution in [1.29, 1.82) is 0 Å². The lowest BCUT2D eigenvalue weighted by molar-refractivity contribution is 0.0618. The van der Waals surface area contributed by atoms with Gasteiger partial charge in [0.2, 0.25) is 10.0 Å². The zero-order valence-corrected chi connectivity index (χ0v) is 28.5. The minimum absolute atomic E-state index is 0. The van der Waals surface area contributed by atoms with Crippen LogP contribution in [0.2, 0.25) is 0 Å². The van der Waals surface area contributed by atoms with Gasteiger partial charge < -0.3 is 19.4 Å². The van der Waals surface area contributed by atoms with Crippen LogP contribution in [0.15, 0.2) is 30.7 Å². The Kier molecular flexibility index (Phi) is 11.7. The highest BCUT2D eigenvalue weighted by molar-refractivity contribution is 7.89. The fourth-order valence-corrected chi connectivity index (χ4v) is 7.91. The molecule has 0 radical (unpaired) electrons. The summed E-state index contributed by atoms with van der Waals surface area (Å²) in [5.74, 6) is 1.41. The van der Waals surface area contributed by atoms with Crippen molar-refractivity contribution in [2.75, 3.05) is 49.9 Å². The number of carbonyl (C=O) groups excluding carboxylic acids is 1. The number of hydrogen-bond acceptors (Lipinski definition) is 8. The molecule has 0 bridgehead atoms. The van der Waals surface area contributed by atoms with Crippen LogP contribution < -0.4 is 14.4 Å². The van der Waals surface area contributed by atoms with E-state index in [0.29, 0.717) is 24.0 Å². The summed E-state index contributed by atoms with van der Waals surface area (Å²) >= 11 is 0. The number of nitrogens with one attached hydrogen (secondary N) is 1. The molecule has 5 rings (SSSR count). The molecule has 45 heavy (non-hydrogen) atoms. The Morgan fingerprint density at radius 2 is 1.82 bits per heavy atom. The van der Waals surface area contributed by atoms with Crippen molar-refractivity contribution in [3.63, 3.8) is 0 Å². The van der Waals surface area contributed by atoms with Crippen LogP contribution in [0.4, 0.5) is 10.2 Å². The molecule has 250 valence electrons. The summed E-state index contributed by atoms with van der Waals surface area (Å²) in [6, 6.07) is 4.08. The number of piperidine rings is 1. The summed E-state index contributed by atoms with van der Waals surface area (Å²) in [5, 5.41) is 0. The van der Waals surface area contributed by atoms with Gasteiger partial charge in [0.15, 0.2) is 11.6 Å². The molecule has 3 fully saturated rings. The van der Waals surface area contributed by atoms with Crippen LogP contribution in [0.25, 0.3) is 0 Å². The molecular weight excluding hydrogens is 619 g/mol. The standard InChI is InChI=1S/C32H47FN6O4S.ClH/c1-5-39(23(3)4)31(40)27-17-25(33)9-12-28(27)43-29-18-34-22-35-30(29)38-20-32(21-38)13-15-37(16-14-32)19-24-7-10-26(11-8-24)36-44(41,42)6-2;/h9,12,17-18,22-24,26,36H,5-8,10-11,13-16,19-21H2,1-4H3;1H. The lowest BCUT2D eigenvalue weighted by Crippen LogP contribution is -2.61. The Labute approximate surface area is 273 Å². The number of carbonyl (C=O) groups is 1. The van der Waals surface area contributed by atoms with Gasteiger partial charge in [-0.3, -0.25) is 4.79 Å². The summed E-state index contributed by atoms with van der Waals surface area (Å²) in [7, 11) is -3.14. The molecule has 3 heterocycles. The zero-order chi connectivity index (χ0) is 31.5. The van der Waals surface area contributed by atoms with E-state index in [-0.39, 0.29) is 52.9 Å². The first-order valence-corrected chi connectivity index (χ1v) is 17.7. The van der Waals surface area contributed by atoms with Crippen molar-refractivity contribution in [3.8, 4) is 11.5 Å². The van der Waals surface area contributed by atoms with Crippen molar-refractivity contribution in [2.45, 2.75) is 78.3 Å². The summed E-state index contributed by atoms with van der Waals surface area (Å²) in [5.41, 5.74) is 0.420. The average Bonchev–Trinajstić information content (AvgIpc) is 2.99. The highest BCUT2D eigenvalue weighted by Crippen LogP contribution is 2.45. The fourth-order valence-electron chi connectivity index (χ4n) is 7.00. The molecule has 13 heteroatoms. The van der Waals surface area contributed by atoms with Gasteiger partial charge in [-0.25, -0.2) is 27.5 Å². The summed E-state index contributed by atoms with van der Waals surface area (Å²) < 4.78 is 47.2. The molecule has 3 aliphatic rings. The third kappa shape index (κ3) is 8.44. The summed E-state index contributed by atoms with van der Waals surface area (Å²) in [6.07, 6.45) is 9.33. The second-order valence-corrected chi connectivity index (χ2v) is 15.1. The average molecular weight is 667 g/mol. The number of ether oxygens (including phenoxy) is 1. The molecular formula is C32H48ClFN6O4S. The third-order valence-corrected chi connectivity index (χ3v) is 11.1. The van der Waals surface area contributed by atoms with Crippen LogP contribution in [-0.2, 0) is 10.0 Å². The molecule has 1 spiro atoms. The Hall–Kier alpha value is -2.54. The topological polar surface area (TPSA) is 108 Å². The van der Waals surface area contributed by atoms with E-state index in [0.717, 1.165) is 71.2 Å². The number of rotatable bonds is 11. The predicted molar refractivity (Wildman–Crippen MR) is 176 cm³/mol. The number of hydrogen-bond donors (Lipinski definition) is 1. The van der Waals surface area contributed by atoms with E-state index in [1.807, 2.05) is 20.8 Å². The van der Waals surface area contributed by atoms with Gasteiger partial charge >= 0.3 is 0 Å². The van der Waals surface area contributed by atoms with Gasteiger partial charge in [-0.15, -0.1) is 12.4 Å². The predicted octanol–water partition coefficient (Wildman–Crippen LogP) is 5.10. The smallest absolute Gasteiger partial charge is 0.257 e. The SMILES string of the molecule is CCN(C(=O)c1cc(F)ccc1Oc1cncnc1N1CC2(CCN(CC3CCC(NS(=O)(=O)CC)CC3)CC2)C1)C(C)C.Cl. The molecule has 1 aliphatic carbocycles. The maximum atomic E-state index is 14.2. The number of anilines is 1. The lowest BCUT2D eigenvalue weighted by atomic mass is 9.71. The number of likely N-dealkylation sites (tertiary alicyclic amines) is 1. The minimum Gasteiger partial charge on any atom is -0.451 e. The minimum atomic E-state index is -3.14. The first-order valence-electron chi connectivity index (χ1n) is 16.1. The largest absolute Gasteiger partial charge is 0.451 e. The first kappa shape index (κ1) is 35.3. The van der Waals surface area contributed by atoms with Gasteiger partial charge in [0.05, 0.1) is 17.5 Å². The van der Waals surface area contributed by atoms with E-state index in [1.54, 1.807) is 18.0 Å². The van der Waals surface area contributed by atoms with Crippen molar-refractivity contribution in [1.82, 2.24) is 24.5 Å². The van der Waals surface area contributed by atoms with Crippen LogP contribution in [0, 0.1) is 17.2 Å². The maximum Gasteiger partial charge on any atom is 0.257 e. The quantitative estimate of drug-likeness (QED) is 0.353. The molecule has 2 aliphatic heterocycles. The number of amides is 1. The first-order chi connectivity index (χ1) is 21.0. The zero-order valence-electron chi connectivity index (χ0n) is 26.9. The molecule has 2 aromatic rings. The number of nitrogens with zero attached hydrogens (tertiary/aromatic N) is 5. The normalized spacial score (nSPS) is 21.7. The highest BCUT2D eigenvalue weighted by atomic mass is 35.5. The van der Waals surface area contributed by atoms with Crippen molar-refractivity contribution >= 4 is 34.2 Å². The molecule has 1 N–H and O–H groups in total. The second kappa shape index (κ2) is 14.9. The third-order valence-electron chi connectivity index (χ3n) is 9.63. The number of benzene rings is 1. The molecule has 1 saturated carbocycles. The van der Waals surface area contributed by atoms with Crippen molar-refractivity contribution < 1.29 is 22.3 Å². The van der Waals surface area contributed by atoms with Gasteiger partial charge in [0.25, 0.3) is 5.91 Å². The Balaban J connectivity index is 0.00000461. The van der Waals surface area contributed by atoms with Gasteiger partial charge in [-0.05, 0) is 103 Å². The number of sulfonamides is 1. The van der Waals surface area contributed by atoms with E-state index in [2.05, 4.69) is 24.5 Å². The Morgan fingerprint density at radius 1 is 1.13 bits per heavy atom. The molecule has 10 nitrogen and oxygen atoms in total. The molecule has 0 atom stereocenters. The number of halogens is 2. The van der Waals surface area contributed by atoms with Crippen LogP contribution >= 0.6 is 12.4 Å². The Morgan fingerprint density at radius 3 is 2.44 bits per heavy atom. The lowest BCUT2D eigenvalue weighted by Gasteiger charge is -2.54. The van der Waals surface area contributed by atoms with E-state index in [4.69, 9.17) is 4.74 Å². The fraction of sp³-hybridized carbons (Fsp3) is 0.656. The van der Waals surface area contributed by atoms with E-state index in [9.17, 15) is 17.6 Å². The van der Waals surface area contributed by atoms with Crippen LogP contribution in [0.1, 0.15) is 76.6 Å². The van der Waals surface area contributed by atoms with Crippen molar-refractivity contribution in [3.05, 3.63) is 42.1 Å². The highest BCUT2D eigenvalue weighted by Gasteiger charge is 2.46. The van der Waals surface area contributed by atoms with E-state index < -0.39 is 15.8 Å². The van der Waals surface area contributed by atoms with E-state index >= 15 is 0 Å². The van der Waals surface area contributed by atoms with Gasteiger partial charge in [0.1, 0.15) is 17.9 Å². The molecule has 1 aromatic heterocycles. The summed E-state index contributed by atoms with van der Waals surface area (Å²) in [4.78, 5) is 28.5. The Bertz CT molecular complexity index is 1410. The van der Waals surface area contributed by atoms with Crippen LogP contribution in [0.5, 0.6) is 11.5 Å². The van der Waals surface area contributed by atoms with Crippen LogP contribution in [0.3, 0.4) is 0 Å². The van der Waals surface area contributed by atoms with Crippen LogP contribution in [-0.4, -0.2) is 91.2 Å². The van der Waals surface area contributed by atoms with Crippen molar-refractivity contribution in [2.24, 2.45) is 11.3 Å². The second-order valence-electron chi connectivity index (χ2n) is 13.0. The monoisotopic (exact) mass is 666 g/mol. The maximum absolute atomic E-state index is 14.2. The van der Waals surface area contributed by atoms with Gasteiger partial charge in [-0.1, -0.05) is 0 Å². The number of aromatic nitrogens is 2. The summed E-state index contributed by atoms with van der Waals surface area (Å²) in [6.45, 7) is 12.9.